The first-order valence-corrected chi connectivity index (χ1v) is 12.2. The molecule has 3 aromatic carbocycles. The molecule has 0 saturated carbocycles. The van der Waals surface area contributed by atoms with Crippen LogP contribution in [0.1, 0.15) is 32.2 Å². The number of benzene rings is 3. The zero-order chi connectivity index (χ0) is 24.4. The topological polar surface area (TPSA) is 76.6 Å². The van der Waals surface area contributed by atoms with Crippen molar-refractivity contribution >= 4 is 22.8 Å². The minimum Gasteiger partial charge on any atom is -1.00 e. The summed E-state index contributed by atoms with van der Waals surface area (Å²) < 4.78 is 10.8. The minimum absolute atomic E-state index is 0. The summed E-state index contributed by atoms with van der Waals surface area (Å²) in [5.74, 6) is 2.79. The van der Waals surface area contributed by atoms with Gasteiger partial charge in [0.05, 0.1) is 30.4 Å². The molecular weight excluding hydrogens is 575 g/mol. The Balaban J connectivity index is 0.00000190. The van der Waals surface area contributed by atoms with Crippen molar-refractivity contribution in [2.75, 3.05) is 11.4 Å². The highest BCUT2D eigenvalue weighted by atomic mass is 127. The van der Waals surface area contributed by atoms with Crippen molar-refractivity contribution in [1.29, 1.82) is 5.26 Å². The van der Waals surface area contributed by atoms with Crippen molar-refractivity contribution in [2.45, 2.75) is 33.9 Å². The Kier molecular flexibility index (Phi) is 9.14. The fourth-order valence-electron chi connectivity index (χ4n) is 4.85. The zero-order valence-electron chi connectivity index (χ0n) is 21.3. The van der Waals surface area contributed by atoms with E-state index in [0.717, 1.165) is 53.8 Å². The first-order chi connectivity index (χ1) is 17.2. The molecule has 0 saturated heterocycles. The monoisotopic (exact) mass is 606 g/mol. The molecule has 0 spiro atoms. The van der Waals surface area contributed by atoms with Crippen molar-refractivity contribution in [3.05, 3.63) is 96.2 Å². The second-order valence-corrected chi connectivity index (χ2v) is 8.42. The second-order valence-electron chi connectivity index (χ2n) is 8.42. The summed E-state index contributed by atoms with van der Waals surface area (Å²) in [6, 6.07) is 24.9. The number of hydrogen-bond acceptors (Lipinski definition) is 3. The molecule has 190 valence electrons. The number of nitrogens with zero attached hydrogens (tertiary/aromatic N) is 4. The van der Waals surface area contributed by atoms with Gasteiger partial charge in [-0.25, -0.2) is 9.13 Å². The lowest BCUT2D eigenvalue weighted by Gasteiger charge is -2.15. The van der Waals surface area contributed by atoms with E-state index in [1.165, 1.54) is 11.1 Å². The third kappa shape index (κ3) is 5.13. The number of halogens is 1. The van der Waals surface area contributed by atoms with E-state index in [0.29, 0.717) is 5.56 Å². The number of aromatic nitrogens is 2. The molecule has 0 atom stereocenters. The van der Waals surface area contributed by atoms with Crippen molar-refractivity contribution in [1.82, 2.24) is 4.57 Å². The van der Waals surface area contributed by atoms with Crippen LogP contribution in [0.4, 0.5) is 5.69 Å². The average molecular weight is 607 g/mol. The lowest BCUT2D eigenvalue weighted by atomic mass is 10.0. The SMILES string of the molecule is CCN1/C(=C/C=C/c2n(CC)c3cc(C#N)ccc3[n+]2CC)Oc2ccc(-c3ccccc3)cc21.O.[I-]. The van der Waals surface area contributed by atoms with E-state index >= 15 is 0 Å². The van der Waals surface area contributed by atoms with Gasteiger partial charge in [0.1, 0.15) is 0 Å². The van der Waals surface area contributed by atoms with Gasteiger partial charge in [-0.15, -0.1) is 0 Å². The fourth-order valence-corrected chi connectivity index (χ4v) is 4.85. The van der Waals surface area contributed by atoms with Crippen molar-refractivity contribution in [2.24, 2.45) is 0 Å². The third-order valence-electron chi connectivity index (χ3n) is 6.51. The van der Waals surface area contributed by atoms with Gasteiger partial charge in [0.2, 0.25) is 5.88 Å². The van der Waals surface area contributed by atoms with Gasteiger partial charge in [0, 0.05) is 18.7 Å². The number of nitriles is 1. The number of fused-ring (bicyclic) bond motifs is 2. The smallest absolute Gasteiger partial charge is 0.282 e. The Morgan fingerprint density at radius 3 is 2.41 bits per heavy atom. The summed E-state index contributed by atoms with van der Waals surface area (Å²) in [6.45, 7) is 8.89. The largest absolute Gasteiger partial charge is 1.00 e. The molecule has 6 nitrogen and oxygen atoms in total. The van der Waals surface area contributed by atoms with Crippen molar-refractivity contribution in [3.8, 4) is 22.9 Å². The van der Waals surface area contributed by atoms with Gasteiger partial charge in [-0.1, -0.05) is 36.4 Å². The molecule has 5 rings (SSSR count). The molecule has 4 aromatic rings. The zero-order valence-corrected chi connectivity index (χ0v) is 23.4. The summed E-state index contributed by atoms with van der Waals surface area (Å²) in [4.78, 5) is 2.20. The van der Waals surface area contributed by atoms with E-state index in [2.05, 4.69) is 95.5 Å². The van der Waals surface area contributed by atoms with Crippen LogP contribution >= 0.6 is 0 Å². The van der Waals surface area contributed by atoms with Crippen LogP contribution in [0.3, 0.4) is 0 Å². The summed E-state index contributed by atoms with van der Waals surface area (Å²) in [6.07, 6.45) is 6.21. The number of anilines is 1. The summed E-state index contributed by atoms with van der Waals surface area (Å²) in [5, 5.41) is 9.35. The highest BCUT2D eigenvalue weighted by Crippen LogP contribution is 2.41. The van der Waals surface area contributed by atoms with E-state index in [1.807, 2.05) is 30.3 Å². The highest BCUT2D eigenvalue weighted by Gasteiger charge is 2.25. The van der Waals surface area contributed by atoms with E-state index < -0.39 is 0 Å². The Hall–Kier alpha value is -3.61. The van der Waals surface area contributed by atoms with Crippen LogP contribution in [0.15, 0.2) is 84.8 Å². The van der Waals surface area contributed by atoms with Crippen molar-refractivity contribution < 1.29 is 38.8 Å². The maximum atomic E-state index is 9.35. The number of hydrogen-bond donors (Lipinski definition) is 0. The molecule has 1 aromatic heterocycles. The molecule has 0 unspecified atom stereocenters. The molecule has 2 N–H and O–H groups in total. The van der Waals surface area contributed by atoms with Crippen LogP contribution < -0.4 is 38.2 Å². The van der Waals surface area contributed by atoms with Gasteiger partial charge >= 0.3 is 0 Å². The van der Waals surface area contributed by atoms with Crippen LogP contribution in [0.25, 0.3) is 28.2 Å². The van der Waals surface area contributed by atoms with Gasteiger partial charge in [-0.05, 0) is 68.3 Å². The number of rotatable bonds is 6. The maximum Gasteiger partial charge on any atom is 0.282 e. The Bertz CT molecular complexity index is 1500. The van der Waals surface area contributed by atoms with Crippen LogP contribution in [0.5, 0.6) is 5.75 Å². The predicted octanol–water partition coefficient (Wildman–Crippen LogP) is 2.46. The molecule has 37 heavy (non-hydrogen) atoms. The van der Waals surface area contributed by atoms with Crippen LogP contribution in [-0.4, -0.2) is 16.6 Å². The normalized spacial score (nSPS) is 13.2. The van der Waals surface area contributed by atoms with Crippen LogP contribution in [-0.2, 0) is 13.1 Å². The Morgan fingerprint density at radius 1 is 0.946 bits per heavy atom. The minimum atomic E-state index is 0. The summed E-state index contributed by atoms with van der Waals surface area (Å²) in [5.41, 5.74) is 6.35. The molecule has 1 aliphatic heterocycles. The van der Waals surface area contributed by atoms with E-state index in [1.54, 1.807) is 0 Å². The van der Waals surface area contributed by atoms with Gasteiger partial charge in [-0.2, -0.15) is 5.26 Å². The molecule has 2 heterocycles. The lowest BCUT2D eigenvalue weighted by Crippen LogP contribution is -3.00. The third-order valence-corrected chi connectivity index (χ3v) is 6.51. The van der Waals surface area contributed by atoms with Crippen molar-refractivity contribution in [3.63, 3.8) is 0 Å². The molecule has 0 amide bonds. The molecule has 0 fully saturated rings. The Labute approximate surface area is 235 Å². The standard InChI is InChI=1S/C30H29N4O.HI.H2O/c1-4-32-25-17-15-22(21-31)19-26(25)33(5-2)29(32)13-10-14-30-34(6-3)27-20-24(16-18-28(27)35-30)23-11-8-7-9-12-23;;/h7-20H,4-6H2,1-3H3;1H;1H2/q+1;;/p-1. The second kappa shape index (κ2) is 12.1. The van der Waals surface area contributed by atoms with Gasteiger partial charge in [0.25, 0.3) is 5.82 Å². The molecule has 0 bridgehead atoms. The number of imidazole rings is 1. The van der Waals surface area contributed by atoms with Crippen LogP contribution in [0, 0.1) is 11.3 Å². The highest BCUT2D eigenvalue weighted by molar-refractivity contribution is 5.77. The Morgan fingerprint density at radius 2 is 1.73 bits per heavy atom. The maximum absolute atomic E-state index is 9.35. The number of aryl methyl sites for hydroxylation is 2. The molecule has 0 aliphatic carbocycles. The molecule has 0 radical (unpaired) electrons. The van der Waals surface area contributed by atoms with Crippen LogP contribution in [0.2, 0.25) is 0 Å². The van der Waals surface area contributed by atoms with E-state index in [-0.39, 0.29) is 29.5 Å². The van der Waals surface area contributed by atoms with Gasteiger partial charge < -0.3 is 39.1 Å². The summed E-state index contributed by atoms with van der Waals surface area (Å²) in [7, 11) is 0. The number of ether oxygens (including phenoxy) is 1. The lowest BCUT2D eigenvalue weighted by molar-refractivity contribution is -0.670. The quantitative estimate of drug-likeness (QED) is 0.250. The number of allylic oxidation sites excluding steroid dienone is 2. The van der Waals surface area contributed by atoms with Gasteiger partial charge in [0.15, 0.2) is 16.8 Å². The molecule has 7 heteroatoms. The molecule has 1 aliphatic rings. The first-order valence-electron chi connectivity index (χ1n) is 12.2. The fraction of sp³-hybridized carbons (Fsp3) is 0.200. The predicted molar refractivity (Wildman–Crippen MR) is 144 cm³/mol. The average Bonchev–Trinajstić information content (AvgIpc) is 3.41. The summed E-state index contributed by atoms with van der Waals surface area (Å²) >= 11 is 0. The van der Waals surface area contributed by atoms with Gasteiger partial charge in [-0.3, -0.25) is 0 Å². The van der Waals surface area contributed by atoms with E-state index in [4.69, 9.17) is 4.74 Å². The first kappa shape index (κ1) is 28.0. The van der Waals surface area contributed by atoms with E-state index in [9.17, 15) is 5.26 Å². The molecular formula is C30H31IN4O2.